The monoisotopic (exact) mass is 289 g/mol. The third-order valence-electron chi connectivity index (χ3n) is 1.54. The molecule has 0 atom stereocenters. The summed E-state index contributed by atoms with van der Waals surface area (Å²) in [6.07, 6.45) is 0.894. The van der Waals surface area contributed by atoms with Gasteiger partial charge in [0.05, 0.1) is 12.7 Å². The molecule has 1 aromatic rings. The summed E-state index contributed by atoms with van der Waals surface area (Å²) in [5.41, 5.74) is 0. The lowest BCUT2D eigenvalue weighted by Crippen LogP contribution is -3.00. The number of hydrogen-bond donors (Lipinski definition) is 0. The molecule has 0 aliphatic rings. The summed E-state index contributed by atoms with van der Waals surface area (Å²) in [4.78, 5) is 22.2. The highest BCUT2D eigenvalue weighted by Gasteiger charge is 2.23. The zero-order chi connectivity index (χ0) is 11.3. The molecule has 6 heteroatoms. The highest BCUT2D eigenvalue weighted by Crippen LogP contribution is 2.02. The molecular weight excluding hydrogens is 278 g/mol. The van der Waals surface area contributed by atoms with Gasteiger partial charge in [-0.3, -0.25) is 4.79 Å². The lowest BCUT2D eigenvalue weighted by Gasteiger charge is -1.99. The Balaban J connectivity index is 0.00000225. The van der Waals surface area contributed by atoms with Gasteiger partial charge in [0.15, 0.2) is 6.20 Å². The van der Waals surface area contributed by atoms with Crippen molar-refractivity contribution >= 4 is 12.1 Å². The molecule has 0 N–H and O–H groups in total. The highest BCUT2D eigenvalue weighted by molar-refractivity contribution is 5.68. The number of carbonyl (C=O) groups is 2. The van der Waals surface area contributed by atoms with Crippen LogP contribution in [0.2, 0.25) is 0 Å². The zero-order valence-corrected chi connectivity index (χ0v) is 10.6. The second kappa shape index (κ2) is 6.95. The van der Waals surface area contributed by atoms with E-state index in [4.69, 9.17) is 9.47 Å². The van der Waals surface area contributed by atoms with Crippen LogP contribution in [0.1, 0.15) is 13.8 Å². The number of rotatable bonds is 2. The number of aromatic nitrogens is 1. The number of hydrogen-bond acceptors (Lipinski definition) is 4. The molecule has 0 saturated heterocycles. The summed E-state index contributed by atoms with van der Waals surface area (Å²) < 4.78 is 10.7. The van der Waals surface area contributed by atoms with Gasteiger partial charge in [0.1, 0.15) is 0 Å². The summed E-state index contributed by atoms with van der Waals surface area (Å²) in [6, 6.07) is 4.82. The third kappa shape index (κ3) is 3.98. The quantitative estimate of drug-likeness (QED) is 0.463. The molecule has 0 fully saturated rings. The van der Waals surface area contributed by atoms with Crippen LogP contribution in [0.5, 0.6) is 5.88 Å². The first-order valence-electron chi connectivity index (χ1n) is 4.51. The Morgan fingerprint density at radius 2 is 2.06 bits per heavy atom. The second-order valence-electron chi connectivity index (χ2n) is 2.70. The summed E-state index contributed by atoms with van der Waals surface area (Å²) in [7, 11) is 0. The van der Waals surface area contributed by atoms with Crippen molar-refractivity contribution in [2.45, 2.75) is 13.8 Å². The minimum Gasteiger partial charge on any atom is -1.00 e. The van der Waals surface area contributed by atoms with Gasteiger partial charge in [-0.05, 0) is 13.0 Å². The minimum atomic E-state index is -0.575. The fourth-order valence-corrected chi connectivity index (χ4v) is 1.00. The van der Waals surface area contributed by atoms with Gasteiger partial charge in [-0.2, -0.15) is 4.79 Å². The molecule has 1 aromatic heterocycles. The van der Waals surface area contributed by atoms with Crippen molar-refractivity contribution in [3.8, 4) is 5.88 Å². The summed E-state index contributed by atoms with van der Waals surface area (Å²) >= 11 is 0. The molecule has 0 aromatic carbocycles. The molecule has 1 heterocycles. The van der Waals surface area contributed by atoms with Crippen LogP contribution in [0.15, 0.2) is 24.4 Å². The van der Waals surface area contributed by atoms with Crippen molar-refractivity contribution in [3.63, 3.8) is 0 Å². The predicted molar refractivity (Wildman–Crippen MR) is 50.4 cm³/mol. The summed E-state index contributed by atoms with van der Waals surface area (Å²) in [5.74, 6) is -0.345. The van der Waals surface area contributed by atoms with Crippen molar-refractivity contribution in [2.24, 2.45) is 0 Å². The number of carbonyl (C=O) groups excluding carboxylic acids is 2. The number of esters is 1. The van der Waals surface area contributed by atoms with Crippen LogP contribution < -0.4 is 26.3 Å². The van der Waals surface area contributed by atoms with Crippen LogP contribution in [-0.2, 0) is 9.53 Å². The van der Waals surface area contributed by atoms with Crippen molar-refractivity contribution in [3.05, 3.63) is 24.4 Å². The maximum Gasteiger partial charge on any atom is 0.605 e. The predicted octanol–water partition coefficient (Wildman–Crippen LogP) is -2.09. The number of nitrogens with zero attached hydrogens (tertiary/aromatic N) is 1. The Labute approximate surface area is 104 Å². The normalized spacial score (nSPS) is 8.88. The fraction of sp³-hybridized carbons (Fsp3) is 0.300. The van der Waals surface area contributed by atoms with E-state index >= 15 is 0 Å². The maximum atomic E-state index is 11.4. The second-order valence-corrected chi connectivity index (χ2v) is 2.70. The molecule has 16 heavy (non-hydrogen) atoms. The molecule has 0 bridgehead atoms. The van der Waals surface area contributed by atoms with Gasteiger partial charge in [0.2, 0.25) is 0 Å². The van der Waals surface area contributed by atoms with Crippen LogP contribution in [0, 0.1) is 0 Å². The fourth-order valence-electron chi connectivity index (χ4n) is 1.00. The Kier molecular flexibility index (Phi) is 6.32. The molecular formula is C10H12BrNO4. The van der Waals surface area contributed by atoms with Gasteiger partial charge in [0, 0.05) is 13.0 Å². The first kappa shape index (κ1) is 14.6. The summed E-state index contributed by atoms with van der Waals surface area (Å²) in [5, 5.41) is 0. The van der Waals surface area contributed by atoms with Gasteiger partial charge in [-0.15, -0.1) is 0 Å². The van der Waals surface area contributed by atoms with E-state index in [-0.39, 0.29) is 29.5 Å². The van der Waals surface area contributed by atoms with E-state index in [0.29, 0.717) is 0 Å². The Morgan fingerprint density at radius 1 is 1.38 bits per heavy atom. The van der Waals surface area contributed by atoms with E-state index < -0.39 is 12.1 Å². The molecule has 0 unspecified atom stereocenters. The zero-order valence-electron chi connectivity index (χ0n) is 8.97. The Morgan fingerprint density at radius 3 is 2.62 bits per heavy atom. The van der Waals surface area contributed by atoms with Crippen LogP contribution in [0.25, 0.3) is 0 Å². The molecule has 0 radical (unpaired) electrons. The van der Waals surface area contributed by atoms with E-state index in [2.05, 4.69) is 0 Å². The topological polar surface area (TPSA) is 56.5 Å². The smallest absolute Gasteiger partial charge is 0.605 e. The van der Waals surface area contributed by atoms with Gasteiger partial charge in [-0.1, -0.05) is 4.57 Å². The minimum absolute atomic E-state index is 0. The van der Waals surface area contributed by atoms with Crippen LogP contribution in [-0.4, -0.2) is 18.7 Å². The highest BCUT2D eigenvalue weighted by atomic mass is 79.9. The molecule has 1 rings (SSSR count). The molecule has 0 aliphatic carbocycles. The van der Waals surface area contributed by atoms with Gasteiger partial charge in [-0.25, -0.2) is 0 Å². The standard InChI is InChI=1S/C10H12NO4.BrH/c1-3-14-10(13)11-7-5-4-6-9(11)15-8(2)12;/h4-7H,3H2,1-2H3;1H/q+1;/p-1. The van der Waals surface area contributed by atoms with Crippen LogP contribution in [0.3, 0.4) is 0 Å². The van der Waals surface area contributed by atoms with E-state index in [1.165, 1.54) is 19.2 Å². The van der Waals surface area contributed by atoms with Crippen molar-refractivity contribution in [2.75, 3.05) is 6.61 Å². The molecule has 0 spiro atoms. The molecule has 88 valence electrons. The lowest BCUT2D eigenvalue weighted by molar-refractivity contribution is -0.591. The number of ether oxygens (including phenoxy) is 2. The average Bonchev–Trinajstić information content (AvgIpc) is 2.18. The SMILES string of the molecule is CCOC(=O)[n+]1ccccc1OC(C)=O.[Br-]. The van der Waals surface area contributed by atoms with Crippen LogP contribution >= 0.6 is 0 Å². The van der Waals surface area contributed by atoms with E-state index in [0.717, 1.165) is 4.57 Å². The molecule has 5 nitrogen and oxygen atoms in total. The lowest BCUT2D eigenvalue weighted by atomic mass is 10.5. The summed E-state index contributed by atoms with van der Waals surface area (Å²) in [6.45, 7) is 3.23. The third-order valence-corrected chi connectivity index (χ3v) is 1.54. The largest absolute Gasteiger partial charge is 1.00 e. The molecule has 0 aliphatic heterocycles. The Bertz CT molecular complexity index is 381. The van der Waals surface area contributed by atoms with E-state index in [1.807, 2.05) is 0 Å². The van der Waals surface area contributed by atoms with E-state index in [9.17, 15) is 9.59 Å². The first-order valence-corrected chi connectivity index (χ1v) is 4.51. The maximum absolute atomic E-state index is 11.4. The van der Waals surface area contributed by atoms with Crippen molar-refractivity contribution in [1.82, 2.24) is 0 Å². The van der Waals surface area contributed by atoms with Gasteiger partial charge in [0.25, 0.3) is 0 Å². The number of halogens is 1. The van der Waals surface area contributed by atoms with Gasteiger partial charge >= 0.3 is 17.9 Å². The first-order chi connectivity index (χ1) is 7.15. The number of pyridine rings is 1. The molecule has 0 amide bonds. The average molecular weight is 290 g/mol. The van der Waals surface area contributed by atoms with Crippen LogP contribution in [0.4, 0.5) is 4.79 Å². The Hall–Kier alpha value is -1.43. The van der Waals surface area contributed by atoms with Crippen molar-refractivity contribution in [1.29, 1.82) is 0 Å². The van der Waals surface area contributed by atoms with Crippen molar-refractivity contribution < 1.29 is 40.6 Å². The van der Waals surface area contributed by atoms with Gasteiger partial charge < -0.3 is 26.5 Å². The van der Waals surface area contributed by atoms with E-state index in [1.54, 1.807) is 19.1 Å². The molecule has 0 saturated carbocycles.